The lowest BCUT2D eigenvalue weighted by Crippen LogP contribution is -2.25. The molecule has 2 unspecified atom stereocenters. The fourth-order valence-corrected chi connectivity index (χ4v) is 2.22. The van der Waals surface area contributed by atoms with Crippen LogP contribution in [0.25, 0.3) is 0 Å². The molecule has 1 N–H and O–H groups in total. The monoisotopic (exact) mass is 249 g/mol. The molecule has 0 bridgehead atoms. The van der Waals surface area contributed by atoms with Gasteiger partial charge in [0.15, 0.2) is 0 Å². The minimum atomic E-state index is 0.347. The number of nitrogens with zero attached hydrogens (tertiary/aromatic N) is 2. The molecule has 0 spiro atoms. The highest BCUT2D eigenvalue weighted by Crippen LogP contribution is 2.22. The molecule has 1 aromatic heterocycles. The first kappa shape index (κ1) is 15.1. The molecule has 3 nitrogen and oxygen atoms in total. The molecule has 3 heteroatoms. The van der Waals surface area contributed by atoms with E-state index in [4.69, 9.17) is 0 Å². The van der Waals surface area contributed by atoms with Crippen molar-refractivity contribution >= 4 is 0 Å². The average molecular weight is 249 g/mol. The summed E-state index contributed by atoms with van der Waals surface area (Å²) >= 11 is 0. The molecule has 0 amide bonds. The van der Waals surface area contributed by atoms with Gasteiger partial charge in [0.2, 0.25) is 0 Å². The SMILES string of the molecule is CCCNC(CC(C)CCC)c1cnc(C)cn1. The Balaban J connectivity index is 2.67. The largest absolute Gasteiger partial charge is 0.309 e. The minimum Gasteiger partial charge on any atom is -0.309 e. The van der Waals surface area contributed by atoms with E-state index >= 15 is 0 Å². The third-order valence-corrected chi connectivity index (χ3v) is 3.22. The molecule has 0 aliphatic rings. The van der Waals surface area contributed by atoms with E-state index in [9.17, 15) is 0 Å². The quantitative estimate of drug-likeness (QED) is 0.764. The van der Waals surface area contributed by atoms with Crippen molar-refractivity contribution in [1.29, 1.82) is 0 Å². The average Bonchev–Trinajstić information content (AvgIpc) is 2.36. The van der Waals surface area contributed by atoms with Crippen LogP contribution in [0.3, 0.4) is 0 Å². The summed E-state index contributed by atoms with van der Waals surface area (Å²) in [7, 11) is 0. The molecule has 18 heavy (non-hydrogen) atoms. The van der Waals surface area contributed by atoms with Crippen LogP contribution in [0, 0.1) is 12.8 Å². The summed E-state index contributed by atoms with van der Waals surface area (Å²) in [4.78, 5) is 8.88. The van der Waals surface area contributed by atoms with Gasteiger partial charge in [0.1, 0.15) is 0 Å². The van der Waals surface area contributed by atoms with Gasteiger partial charge in [-0.2, -0.15) is 0 Å². The lowest BCUT2D eigenvalue weighted by molar-refractivity contribution is 0.384. The van der Waals surface area contributed by atoms with Crippen LogP contribution in [-0.2, 0) is 0 Å². The van der Waals surface area contributed by atoms with E-state index in [0.717, 1.165) is 36.7 Å². The van der Waals surface area contributed by atoms with Crippen LogP contribution in [0.15, 0.2) is 12.4 Å². The summed E-state index contributed by atoms with van der Waals surface area (Å²) in [6, 6.07) is 0.347. The number of rotatable bonds is 8. The van der Waals surface area contributed by atoms with Gasteiger partial charge in [-0.15, -0.1) is 0 Å². The third-order valence-electron chi connectivity index (χ3n) is 3.22. The highest BCUT2D eigenvalue weighted by Gasteiger charge is 2.15. The Morgan fingerprint density at radius 3 is 2.50 bits per heavy atom. The molecule has 1 heterocycles. The molecule has 0 aromatic carbocycles. The fourth-order valence-electron chi connectivity index (χ4n) is 2.22. The maximum absolute atomic E-state index is 4.52. The normalized spacial score (nSPS) is 14.4. The van der Waals surface area contributed by atoms with Crippen LogP contribution in [0.1, 0.15) is 63.9 Å². The maximum atomic E-state index is 4.52. The number of nitrogens with one attached hydrogen (secondary N) is 1. The highest BCUT2D eigenvalue weighted by molar-refractivity contribution is 5.06. The maximum Gasteiger partial charge on any atom is 0.0756 e. The molecule has 102 valence electrons. The summed E-state index contributed by atoms with van der Waals surface area (Å²) in [5.41, 5.74) is 2.06. The molecule has 2 atom stereocenters. The van der Waals surface area contributed by atoms with E-state index in [-0.39, 0.29) is 0 Å². The van der Waals surface area contributed by atoms with Gasteiger partial charge < -0.3 is 5.32 Å². The predicted octanol–water partition coefficient (Wildman–Crippen LogP) is 3.65. The Morgan fingerprint density at radius 1 is 1.17 bits per heavy atom. The van der Waals surface area contributed by atoms with E-state index in [1.165, 1.54) is 12.8 Å². The highest BCUT2D eigenvalue weighted by atomic mass is 14.9. The van der Waals surface area contributed by atoms with Crippen LogP contribution in [-0.4, -0.2) is 16.5 Å². The molecule has 1 rings (SSSR count). The Bertz CT molecular complexity index is 321. The van der Waals surface area contributed by atoms with Crippen molar-refractivity contribution in [2.75, 3.05) is 6.54 Å². The second kappa shape index (κ2) is 8.20. The first-order valence-electron chi connectivity index (χ1n) is 7.19. The van der Waals surface area contributed by atoms with Crippen molar-refractivity contribution < 1.29 is 0 Å². The van der Waals surface area contributed by atoms with Crippen molar-refractivity contribution in [2.24, 2.45) is 5.92 Å². The van der Waals surface area contributed by atoms with E-state index in [1.807, 2.05) is 19.3 Å². The number of aryl methyl sites for hydroxylation is 1. The van der Waals surface area contributed by atoms with Crippen molar-refractivity contribution in [3.05, 3.63) is 23.8 Å². The zero-order chi connectivity index (χ0) is 13.4. The molecule has 1 aromatic rings. The summed E-state index contributed by atoms with van der Waals surface area (Å²) in [6.45, 7) is 9.78. The van der Waals surface area contributed by atoms with Crippen molar-refractivity contribution in [3.63, 3.8) is 0 Å². The van der Waals surface area contributed by atoms with Crippen molar-refractivity contribution in [3.8, 4) is 0 Å². The summed E-state index contributed by atoms with van der Waals surface area (Å²) in [5, 5.41) is 3.59. The second-order valence-electron chi connectivity index (χ2n) is 5.22. The first-order chi connectivity index (χ1) is 8.67. The standard InChI is InChI=1S/C15H27N3/c1-5-7-12(3)9-14(16-8-6-2)15-11-17-13(4)10-18-15/h10-12,14,16H,5-9H2,1-4H3. The molecular weight excluding hydrogens is 222 g/mol. The van der Waals surface area contributed by atoms with E-state index < -0.39 is 0 Å². The van der Waals surface area contributed by atoms with E-state index in [2.05, 4.69) is 36.1 Å². The molecule has 0 saturated heterocycles. The lowest BCUT2D eigenvalue weighted by Gasteiger charge is -2.21. The van der Waals surface area contributed by atoms with E-state index in [1.54, 1.807) is 0 Å². The van der Waals surface area contributed by atoms with Crippen LogP contribution in [0.2, 0.25) is 0 Å². The number of hydrogen-bond donors (Lipinski definition) is 1. The lowest BCUT2D eigenvalue weighted by atomic mass is 9.95. The Labute approximate surface area is 111 Å². The van der Waals surface area contributed by atoms with Crippen LogP contribution in [0.4, 0.5) is 0 Å². The zero-order valence-corrected chi connectivity index (χ0v) is 12.2. The molecule has 0 fully saturated rings. The Morgan fingerprint density at radius 2 is 1.94 bits per heavy atom. The smallest absolute Gasteiger partial charge is 0.0756 e. The molecule has 0 aliphatic heterocycles. The van der Waals surface area contributed by atoms with Gasteiger partial charge >= 0.3 is 0 Å². The van der Waals surface area contributed by atoms with Gasteiger partial charge in [0.25, 0.3) is 0 Å². The summed E-state index contributed by atoms with van der Waals surface area (Å²) in [5.74, 6) is 0.729. The molecule has 0 radical (unpaired) electrons. The van der Waals surface area contributed by atoms with Gasteiger partial charge in [0.05, 0.1) is 23.6 Å². The summed E-state index contributed by atoms with van der Waals surface area (Å²) < 4.78 is 0. The van der Waals surface area contributed by atoms with Crippen molar-refractivity contribution in [1.82, 2.24) is 15.3 Å². The summed E-state index contributed by atoms with van der Waals surface area (Å²) in [6.07, 6.45) is 8.61. The molecule has 0 saturated carbocycles. The topological polar surface area (TPSA) is 37.8 Å². The Hall–Kier alpha value is -0.960. The van der Waals surface area contributed by atoms with Crippen LogP contribution >= 0.6 is 0 Å². The second-order valence-corrected chi connectivity index (χ2v) is 5.22. The molecular formula is C15H27N3. The van der Waals surface area contributed by atoms with Gasteiger partial charge in [-0.05, 0) is 32.2 Å². The van der Waals surface area contributed by atoms with Crippen LogP contribution < -0.4 is 5.32 Å². The molecule has 0 aliphatic carbocycles. The Kier molecular flexibility index (Phi) is 6.88. The van der Waals surface area contributed by atoms with Gasteiger partial charge in [0, 0.05) is 6.20 Å². The number of aromatic nitrogens is 2. The van der Waals surface area contributed by atoms with Gasteiger partial charge in [-0.25, -0.2) is 0 Å². The van der Waals surface area contributed by atoms with Crippen molar-refractivity contribution in [2.45, 2.75) is 59.4 Å². The number of hydrogen-bond acceptors (Lipinski definition) is 3. The minimum absolute atomic E-state index is 0.347. The first-order valence-corrected chi connectivity index (χ1v) is 7.19. The fraction of sp³-hybridized carbons (Fsp3) is 0.733. The zero-order valence-electron chi connectivity index (χ0n) is 12.2. The predicted molar refractivity (Wildman–Crippen MR) is 76.5 cm³/mol. The van der Waals surface area contributed by atoms with E-state index in [0.29, 0.717) is 6.04 Å². The van der Waals surface area contributed by atoms with Gasteiger partial charge in [-0.1, -0.05) is 33.6 Å². The van der Waals surface area contributed by atoms with Crippen LogP contribution in [0.5, 0.6) is 0 Å². The van der Waals surface area contributed by atoms with Gasteiger partial charge in [-0.3, -0.25) is 9.97 Å². The third kappa shape index (κ3) is 5.13.